The van der Waals surface area contributed by atoms with E-state index in [1.807, 2.05) is 0 Å². The number of rotatable bonds is 1. The third-order valence-corrected chi connectivity index (χ3v) is 6.32. The summed E-state index contributed by atoms with van der Waals surface area (Å²) in [5.74, 6) is -1.69. The summed E-state index contributed by atoms with van der Waals surface area (Å²) in [7, 11) is 0. The van der Waals surface area contributed by atoms with Crippen molar-refractivity contribution in [3.8, 4) is 0 Å². The van der Waals surface area contributed by atoms with Gasteiger partial charge in [0.2, 0.25) is 5.91 Å². The van der Waals surface area contributed by atoms with Gasteiger partial charge in [0.05, 0.1) is 17.4 Å². The van der Waals surface area contributed by atoms with Crippen molar-refractivity contribution in [2.75, 3.05) is 19.6 Å². The monoisotopic (exact) mass is 396 g/mol. The van der Waals surface area contributed by atoms with Crippen LogP contribution in [0.25, 0.3) is 0 Å². The smallest absolute Gasteiger partial charge is 0.416 e. The Morgan fingerprint density at radius 2 is 1.96 bits per heavy atom. The molecule has 1 spiro atoms. The van der Waals surface area contributed by atoms with Crippen molar-refractivity contribution < 1.29 is 27.5 Å². The van der Waals surface area contributed by atoms with Gasteiger partial charge >= 0.3 is 12.1 Å². The fourth-order valence-corrected chi connectivity index (χ4v) is 4.77. The van der Waals surface area contributed by atoms with E-state index in [1.54, 1.807) is 11.8 Å². The van der Waals surface area contributed by atoms with Crippen LogP contribution in [0.1, 0.15) is 36.5 Å². The first-order valence-corrected chi connectivity index (χ1v) is 9.63. The molecular formula is C20H23F3N2O3. The molecule has 5 nitrogen and oxygen atoms in total. The molecule has 0 bridgehead atoms. The fourth-order valence-electron chi connectivity index (χ4n) is 4.77. The number of carbonyl (C=O) groups excluding carboxylic acids is 2. The van der Waals surface area contributed by atoms with Crippen LogP contribution in [0, 0.1) is 11.8 Å². The van der Waals surface area contributed by atoms with Gasteiger partial charge in [-0.05, 0) is 42.8 Å². The number of alkyl halides is 3. The van der Waals surface area contributed by atoms with Crippen LogP contribution in [0.2, 0.25) is 0 Å². The molecule has 4 rings (SSSR count). The molecule has 1 amide bonds. The van der Waals surface area contributed by atoms with Crippen LogP contribution >= 0.6 is 0 Å². The second kappa shape index (κ2) is 6.76. The van der Waals surface area contributed by atoms with Gasteiger partial charge in [0.1, 0.15) is 5.60 Å². The molecule has 28 heavy (non-hydrogen) atoms. The molecule has 8 heteroatoms. The molecule has 2 unspecified atom stereocenters. The molecular weight excluding hydrogens is 373 g/mol. The molecule has 1 N–H and O–H groups in total. The van der Waals surface area contributed by atoms with E-state index >= 15 is 0 Å². The van der Waals surface area contributed by atoms with Crippen LogP contribution in [0.4, 0.5) is 13.2 Å². The van der Waals surface area contributed by atoms with Gasteiger partial charge in [-0.1, -0.05) is 13.0 Å². The van der Waals surface area contributed by atoms with Crippen LogP contribution in [-0.4, -0.2) is 42.0 Å². The molecule has 0 aliphatic carbocycles. The minimum atomic E-state index is -4.42. The summed E-state index contributed by atoms with van der Waals surface area (Å²) in [4.78, 5) is 27.2. The zero-order valence-corrected chi connectivity index (χ0v) is 15.6. The van der Waals surface area contributed by atoms with Gasteiger partial charge in [-0.25, -0.2) is 0 Å². The number of ether oxygens (including phenoxy) is 1. The van der Waals surface area contributed by atoms with Crippen molar-refractivity contribution in [3.05, 3.63) is 34.9 Å². The lowest BCUT2D eigenvalue weighted by Crippen LogP contribution is -2.53. The first kappa shape index (κ1) is 19.2. The first-order valence-electron chi connectivity index (χ1n) is 9.63. The highest BCUT2D eigenvalue weighted by molar-refractivity contribution is 5.89. The summed E-state index contributed by atoms with van der Waals surface area (Å²) >= 11 is 0. The normalized spacial score (nSPS) is 26.9. The Morgan fingerprint density at radius 1 is 1.25 bits per heavy atom. The van der Waals surface area contributed by atoms with Gasteiger partial charge in [-0.15, -0.1) is 0 Å². The van der Waals surface area contributed by atoms with Gasteiger partial charge in [0, 0.05) is 25.9 Å². The lowest BCUT2D eigenvalue weighted by molar-refractivity contribution is -0.155. The largest absolute Gasteiger partial charge is 0.458 e. The number of nitrogens with zero attached hydrogens (tertiary/aromatic N) is 1. The molecule has 1 aromatic carbocycles. The number of piperidine rings is 1. The van der Waals surface area contributed by atoms with E-state index in [4.69, 9.17) is 4.74 Å². The molecule has 0 saturated carbocycles. The lowest BCUT2D eigenvalue weighted by atomic mass is 9.75. The van der Waals surface area contributed by atoms with E-state index in [2.05, 4.69) is 5.32 Å². The fraction of sp³-hybridized carbons (Fsp3) is 0.600. The molecule has 0 aromatic heterocycles. The van der Waals surface area contributed by atoms with Crippen LogP contribution in [0.5, 0.6) is 0 Å². The van der Waals surface area contributed by atoms with E-state index in [0.717, 1.165) is 17.7 Å². The van der Waals surface area contributed by atoms with Gasteiger partial charge in [-0.3, -0.25) is 9.59 Å². The third-order valence-electron chi connectivity index (χ3n) is 6.32. The molecule has 1 aromatic rings. The van der Waals surface area contributed by atoms with Crippen LogP contribution in [0.15, 0.2) is 18.2 Å². The molecule has 3 heterocycles. The maximum atomic E-state index is 13.4. The van der Waals surface area contributed by atoms with E-state index in [-0.39, 0.29) is 18.4 Å². The molecule has 3 aliphatic rings. The summed E-state index contributed by atoms with van der Waals surface area (Å²) in [6, 6.07) is 3.72. The zero-order valence-electron chi connectivity index (χ0n) is 15.6. The molecule has 2 fully saturated rings. The molecule has 3 aliphatic heterocycles. The van der Waals surface area contributed by atoms with Crippen molar-refractivity contribution in [1.29, 1.82) is 0 Å². The Bertz CT molecular complexity index is 802. The average molecular weight is 396 g/mol. The Hall–Kier alpha value is -2.09. The van der Waals surface area contributed by atoms with Crippen LogP contribution < -0.4 is 5.32 Å². The maximum absolute atomic E-state index is 13.4. The van der Waals surface area contributed by atoms with Crippen molar-refractivity contribution in [2.24, 2.45) is 11.8 Å². The van der Waals surface area contributed by atoms with Crippen LogP contribution in [0.3, 0.4) is 0 Å². The third kappa shape index (κ3) is 3.17. The quantitative estimate of drug-likeness (QED) is 0.742. The molecule has 2 atom stereocenters. The summed E-state index contributed by atoms with van der Waals surface area (Å²) < 4.78 is 44.8. The predicted octanol–water partition coefficient (Wildman–Crippen LogP) is 2.52. The minimum absolute atomic E-state index is 0.129. The van der Waals surface area contributed by atoms with Gasteiger partial charge in [-0.2, -0.15) is 13.2 Å². The number of halogens is 3. The van der Waals surface area contributed by atoms with Gasteiger partial charge in [0.15, 0.2) is 0 Å². The highest BCUT2D eigenvalue weighted by Crippen LogP contribution is 2.44. The van der Waals surface area contributed by atoms with E-state index in [0.29, 0.717) is 44.5 Å². The van der Waals surface area contributed by atoms with Gasteiger partial charge in [0.25, 0.3) is 0 Å². The highest BCUT2D eigenvalue weighted by Gasteiger charge is 2.58. The molecule has 0 radical (unpaired) electrons. The molecule has 2 saturated heterocycles. The number of fused-ring (bicyclic) bond motifs is 1. The zero-order chi connectivity index (χ0) is 20.1. The number of esters is 1. The van der Waals surface area contributed by atoms with E-state index in [9.17, 15) is 22.8 Å². The Labute approximate surface area is 161 Å². The minimum Gasteiger partial charge on any atom is -0.458 e. The number of hydrogen-bond acceptors (Lipinski definition) is 4. The Morgan fingerprint density at radius 3 is 2.64 bits per heavy atom. The predicted molar refractivity (Wildman–Crippen MR) is 94.1 cm³/mol. The Kier molecular flexibility index (Phi) is 4.64. The van der Waals surface area contributed by atoms with Gasteiger partial charge < -0.3 is 15.0 Å². The maximum Gasteiger partial charge on any atom is 0.416 e. The van der Waals surface area contributed by atoms with Crippen molar-refractivity contribution in [2.45, 2.75) is 44.5 Å². The summed E-state index contributed by atoms with van der Waals surface area (Å²) in [5.41, 5.74) is -0.150. The number of amides is 1. The topological polar surface area (TPSA) is 58.6 Å². The molecule has 152 valence electrons. The second-order valence-electron chi connectivity index (χ2n) is 7.99. The number of nitrogens with one attached hydrogen (secondary N) is 1. The van der Waals surface area contributed by atoms with Crippen molar-refractivity contribution in [1.82, 2.24) is 10.2 Å². The Balaban J connectivity index is 1.59. The average Bonchev–Trinajstić information content (AvgIpc) is 2.89. The second-order valence-corrected chi connectivity index (χ2v) is 7.99. The summed E-state index contributed by atoms with van der Waals surface area (Å²) in [6.45, 7) is 3.61. The first-order chi connectivity index (χ1) is 13.2. The standard InChI is InChI=1S/C20H23F3N2O3/c1-12-16(19(28-18(12)27)5-7-24-8-6-19)17(26)25-9-4-13-2-3-15(20(21,22)23)10-14(13)11-25/h2-3,10,12,16,24H,4-9,11H2,1H3. The lowest BCUT2D eigenvalue weighted by Gasteiger charge is -2.40. The summed E-state index contributed by atoms with van der Waals surface area (Å²) in [5, 5.41) is 3.22. The highest BCUT2D eigenvalue weighted by atomic mass is 19.4. The SMILES string of the molecule is CC1C(=O)OC2(CCNCC2)C1C(=O)N1CCc2ccc(C(F)(F)F)cc2C1. The van der Waals surface area contributed by atoms with E-state index in [1.165, 1.54) is 6.07 Å². The number of carbonyl (C=O) groups is 2. The van der Waals surface area contributed by atoms with Crippen LogP contribution in [-0.2, 0) is 33.5 Å². The van der Waals surface area contributed by atoms with Crippen molar-refractivity contribution >= 4 is 11.9 Å². The number of benzene rings is 1. The number of hydrogen-bond donors (Lipinski definition) is 1. The van der Waals surface area contributed by atoms with Crippen molar-refractivity contribution in [3.63, 3.8) is 0 Å². The summed E-state index contributed by atoms with van der Waals surface area (Å²) in [6.07, 6.45) is -2.77. The van der Waals surface area contributed by atoms with E-state index < -0.39 is 29.2 Å².